The number of rotatable bonds is 10. The highest BCUT2D eigenvalue weighted by atomic mass is 16.7. The average Bonchev–Trinajstić information content (AvgIpc) is 2.94. The molecule has 2 aromatic carbocycles. The molecule has 2 amide bonds. The number of hydrogen-bond donors (Lipinski definition) is 4. The molecule has 0 radical (unpaired) electrons. The molecule has 9 heteroatoms. The Morgan fingerprint density at radius 3 is 2.15 bits per heavy atom. The van der Waals surface area contributed by atoms with Gasteiger partial charge < -0.3 is 24.8 Å². The maximum absolute atomic E-state index is 12.2. The van der Waals surface area contributed by atoms with Gasteiger partial charge in [0.25, 0.3) is 0 Å². The Hall–Kier alpha value is -2.82. The first-order valence-electron chi connectivity index (χ1n) is 14.1. The maximum atomic E-state index is 12.2. The van der Waals surface area contributed by atoms with E-state index in [9.17, 15) is 14.7 Å². The van der Waals surface area contributed by atoms with Crippen LogP contribution in [0.5, 0.6) is 0 Å². The van der Waals surface area contributed by atoms with Crippen molar-refractivity contribution in [2.75, 3.05) is 25.0 Å². The number of hydrogen-bond acceptors (Lipinski definition) is 7. The van der Waals surface area contributed by atoms with Crippen molar-refractivity contribution in [2.24, 2.45) is 0 Å². The first kappa shape index (κ1) is 29.2. The number of likely N-dealkylation sites (tertiary alicyclic amines) is 1. The predicted octanol–water partition coefficient (Wildman–Crippen LogP) is 4.60. The molecule has 39 heavy (non-hydrogen) atoms. The van der Waals surface area contributed by atoms with E-state index in [0.29, 0.717) is 12.1 Å². The normalized spacial score (nSPS) is 22.5. The van der Waals surface area contributed by atoms with Gasteiger partial charge in [-0.05, 0) is 55.6 Å². The number of anilines is 1. The van der Waals surface area contributed by atoms with Gasteiger partial charge in [0.2, 0.25) is 11.8 Å². The number of carbonyl (C=O) groups is 2. The third-order valence-electron chi connectivity index (χ3n) is 7.42. The molecular weight excluding hydrogens is 498 g/mol. The second kappa shape index (κ2) is 15.1. The van der Waals surface area contributed by atoms with Gasteiger partial charge in [0, 0.05) is 37.1 Å². The second-order valence-corrected chi connectivity index (χ2v) is 10.5. The lowest BCUT2D eigenvalue weighted by atomic mass is 9.99. The monoisotopic (exact) mass is 539 g/mol. The first-order chi connectivity index (χ1) is 19.0. The summed E-state index contributed by atoms with van der Waals surface area (Å²) < 4.78 is 13.0. The molecule has 212 valence electrons. The van der Waals surface area contributed by atoms with Crippen molar-refractivity contribution in [1.29, 1.82) is 0 Å². The molecule has 9 nitrogen and oxygen atoms in total. The molecule has 0 aliphatic carbocycles. The SMILES string of the molecule is O=C(CCCC(=O)Nc1ccc(C2OC(CN3CCCCCCC3)CC(c3ccc(CO)cc3)O2)cc1)NO. The minimum absolute atomic E-state index is 0.00992. The highest BCUT2D eigenvalue weighted by molar-refractivity contribution is 5.91. The second-order valence-electron chi connectivity index (χ2n) is 10.5. The third kappa shape index (κ3) is 9.12. The molecule has 3 atom stereocenters. The van der Waals surface area contributed by atoms with Crippen molar-refractivity contribution < 1.29 is 29.4 Å². The number of ether oxygens (including phenoxy) is 2. The quantitative estimate of drug-likeness (QED) is 0.257. The Morgan fingerprint density at radius 1 is 0.846 bits per heavy atom. The van der Waals surface area contributed by atoms with Gasteiger partial charge in [-0.1, -0.05) is 55.7 Å². The number of nitrogens with zero attached hydrogens (tertiary/aromatic N) is 1. The van der Waals surface area contributed by atoms with Crippen LogP contribution in [0, 0.1) is 0 Å². The fourth-order valence-electron chi connectivity index (χ4n) is 5.23. The molecule has 0 spiro atoms. The largest absolute Gasteiger partial charge is 0.392 e. The molecule has 3 unspecified atom stereocenters. The number of benzene rings is 2. The lowest BCUT2D eigenvalue weighted by Gasteiger charge is -2.38. The highest BCUT2D eigenvalue weighted by Crippen LogP contribution is 2.38. The van der Waals surface area contributed by atoms with Crippen LogP contribution in [0.1, 0.15) is 86.9 Å². The average molecular weight is 540 g/mol. The molecule has 0 bridgehead atoms. The van der Waals surface area contributed by atoms with E-state index in [1.54, 1.807) is 5.48 Å². The van der Waals surface area contributed by atoms with Crippen molar-refractivity contribution in [3.05, 3.63) is 65.2 Å². The van der Waals surface area contributed by atoms with E-state index in [2.05, 4.69) is 10.2 Å². The minimum atomic E-state index is -0.539. The molecule has 2 aliphatic rings. The van der Waals surface area contributed by atoms with E-state index in [-0.39, 0.29) is 37.6 Å². The van der Waals surface area contributed by atoms with Crippen molar-refractivity contribution in [3.63, 3.8) is 0 Å². The lowest BCUT2D eigenvalue weighted by Crippen LogP contribution is -2.40. The van der Waals surface area contributed by atoms with E-state index in [4.69, 9.17) is 14.7 Å². The van der Waals surface area contributed by atoms with Gasteiger partial charge in [-0.15, -0.1) is 0 Å². The van der Waals surface area contributed by atoms with Gasteiger partial charge >= 0.3 is 0 Å². The number of aliphatic hydroxyl groups excluding tert-OH is 1. The number of aliphatic hydroxyl groups is 1. The van der Waals surface area contributed by atoms with E-state index < -0.39 is 12.2 Å². The summed E-state index contributed by atoms with van der Waals surface area (Å²) in [7, 11) is 0. The standard InChI is InChI=1S/C30H41N3O6/c34-21-22-9-11-23(12-10-22)27-19-26(20-33-17-4-2-1-3-5-18-33)38-30(39-27)24-13-15-25(16-14-24)31-28(35)7-6-8-29(36)32-37/h9-16,26-27,30,34,37H,1-8,17-21H2,(H,31,35)(H,32,36). The summed E-state index contributed by atoms with van der Waals surface area (Å²) in [6, 6.07) is 15.4. The van der Waals surface area contributed by atoms with Crippen LogP contribution in [-0.4, -0.2) is 52.8 Å². The number of hydroxylamine groups is 1. The van der Waals surface area contributed by atoms with Gasteiger partial charge in [-0.25, -0.2) is 5.48 Å². The Balaban J connectivity index is 1.42. The summed E-state index contributed by atoms with van der Waals surface area (Å²) in [6.07, 6.45) is 7.06. The van der Waals surface area contributed by atoms with Crippen LogP contribution in [0.25, 0.3) is 0 Å². The first-order valence-corrected chi connectivity index (χ1v) is 14.1. The number of nitrogens with one attached hydrogen (secondary N) is 2. The lowest BCUT2D eigenvalue weighted by molar-refractivity contribution is -0.253. The van der Waals surface area contributed by atoms with Crippen LogP contribution in [-0.2, 0) is 25.7 Å². The van der Waals surface area contributed by atoms with Crippen molar-refractivity contribution >= 4 is 17.5 Å². The van der Waals surface area contributed by atoms with Gasteiger partial charge in [0.1, 0.15) is 0 Å². The molecule has 2 fully saturated rings. The third-order valence-corrected chi connectivity index (χ3v) is 7.42. The predicted molar refractivity (Wildman–Crippen MR) is 147 cm³/mol. The van der Waals surface area contributed by atoms with Crippen LogP contribution in [0.4, 0.5) is 5.69 Å². The summed E-state index contributed by atoms with van der Waals surface area (Å²) in [6.45, 7) is 3.07. The maximum Gasteiger partial charge on any atom is 0.243 e. The zero-order valence-electron chi connectivity index (χ0n) is 22.5. The zero-order valence-corrected chi connectivity index (χ0v) is 22.5. The van der Waals surface area contributed by atoms with E-state index in [1.165, 1.54) is 32.1 Å². The Kier molecular flexibility index (Phi) is 11.3. The smallest absolute Gasteiger partial charge is 0.243 e. The van der Waals surface area contributed by atoms with E-state index in [0.717, 1.165) is 42.7 Å². The van der Waals surface area contributed by atoms with Crippen LogP contribution in [0.15, 0.2) is 48.5 Å². The fraction of sp³-hybridized carbons (Fsp3) is 0.533. The van der Waals surface area contributed by atoms with Crippen molar-refractivity contribution in [1.82, 2.24) is 10.4 Å². The topological polar surface area (TPSA) is 120 Å². The summed E-state index contributed by atoms with van der Waals surface area (Å²) in [4.78, 5) is 25.9. The van der Waals surface area contributed by atoms with Gasteiger partial charge in [-0.2, -0.15) is 0 Å². The van der Waals surface area contributed by atoms with Crippen molar-refractivity contribution in [3.8, 4) is 0 Å². The van der Waals surface area contributed by atoms with Gasteiger partial charge in [0.15, 0.2) is 6.29 Å². The highest BCUT2D eigenvalue weighted by Gasteiger charge is 2.33. The summed E-state index contributed by atoms with van der Waals surface area (Å²) in [5, 5.41) is 20.8. The van der Waals surface area contributed by atoms with Crippen molar-refractivity contribution in [2.45, 2.75) is 82.9 Å². The number of amides is 2. The van der Waals surface area contributed by atoms with Crippen LogP contribution in [0.3, 0.4) is 0 Å². The molecule has 2 heterocycles. The van der Waals surface area contributed by atoms with Crippen LogP contribution >= 0.6 is 0 Å². The zero-order chi connectivity index (χ0) is 27.5. The summed E-state index contributed by atoms with van der Waals surface area (Å²) in [5.41, 5.74) is 5.03. The Labute approximate surface area is 230 Å². The molecule has 2 aliphatic heterocycles. The molecule has 2 aromatic rings. The molecule has 0 saturated carbocycles. The summed E-state index contributed by atoms with van der Waals surface area (Å²) in [5.74, 6) is -0.703. The van der Waals surface area contributed by atoms with Gasteiger partial charge in [-0.3, -0.25) is 14.8 Å². The van der Waals surface area contributed by atoms with Crippen LogP contribution < -0.4 is 10.8 Å². The molecule has 0 aromatic heterocycles. The van der Waals surface area contributed by atoms with E-state index >= 15 is 0 Å². The molecule has 2 saturated heterocycles. The summed E-state index contributed by atoms with van der Waals surface area (Å²) >= 11 is 0. The fourth-order valence-corrected chi connectivity index (χ4v) is 5.23. The molecule has 4 rings (SSSR count). The van der Waals surface area contributed by atoms with E-state index in [1.807, 2.05) is 48.5 Å². The van der Waals surface area contributed by atoms with Gasteiger partial charge in [0.05, 0.1) is 18.8 Å². The van der Waals surface area contributed by atoms with Crippen LogP contribution in [0.2, 0.25) is 0 Å². The molecule has 4 N–H and O–H groups in total. The Morgan fingerprint density at radius 2 is 1.49 bits per heavy atom. The number of carbonyl (C=O) groups excluding carboxylic acids is 2. The Bertz CT molecular complexity index is 1040. The molecular formula is C30H41N3O6. The minimum Gasteiger partial charge on any atom is -0.392 e.